The Morgan fingerprint density at radius 3 is 2.40 bits per heavy atom. The molecule has 0 radical (unpaired) electrons. The Labute approximate surface area is 254 Å². The molecule has 0 saturated carbocycles. The smallest absolute Gasteiger partial charge is 0.247 e. The number of ether oxygens (including phenoxy) is 3. The molecular weight excluding hydrogens is 546 g/mol. The number of carbonyl (C=O) groups is 2. The van der Waals surface area contributed by atoms with Crippen LogP contribution >= 0.6 is 0 Å². The molecule has 0 aliphatic rings. The first-order valence-corrected chi connectivity index (χ1v) is 14.5. The summed E-state index contributed by atoms with van der Waals surface area (Å²) >= 11 is 0. The van der Waals surface area contributed by atoms with Crippen LogP contribution < -0.4 is 24.4 Å². The van der Waals surface area contributed by atoms with Gasteiger partial charge in [0.1, 0.15) is 28.8 Å². The third-order valence-corrected chi connectivity index (χ3v) is 6.55. The topological polar surface area (TPSA) is 106 Å². The Bertz CT molecular complexity index is 1410. The number of methoxy groups -OCH3 is 1. The van der Waals surface area contributed by atoms with Crippen LogP contribution in [0.5, 0.6) is 17.2 Å². The van der Waals surface area contributed by atoms with Gasteiger partial charge in [-0.15, -0.1) is 0 Å². The highest BCUT2D eigenvalue weighted by molar-refractivity contribution is 6.09. The monoisotopic (exact) mass is 589 g/mol. The Hall–Kier alpha value is -4.44. The van der Waals surface area contributed by atoms with Crippen LogP contribution in [0, 0.1) is 0 Å². The quantitative estimate of drug-likeness (QED) is 0.172. The maximum absolute atomic E-state index is 13.6. The molecular formula is C33H43N5O5. The number of nitrogens with zero attached hydrogens (tertiary/aromatic N) is 4. The van der Waals surface area contributed by atoms with Gasteiger partial charge in [-0.2, -0.15) is 0 Å². The van der Waals surface area contributed by atoms with Crippen LogP contribution in [-0.2, 0) is 11.2 Å². The van der Waals surface area contributed by atoms with Crippen molar-refractivity contribution in [2.24, 2.45) is 0 Å². The molecule has 1 aromatic heterocycles. The van der Waals surface area contributed by atoms with E-state index in [1.165, 1.54) is 6.08 Å². The van der Waals surface area contributed by atoms with Gasteiger partial charge in [0.25, 0.3) is 0 Å². The van der Waals surface area contributed by atoms with Gasteiger partial charge in [0.05, 0.1) is 37.3 Å². The maximum Gasteiger partial charge on any atom is 0.247 e. The van der Waals surface area contributed by atoms with Crippen LogP contribution in [0.2, 0.25) is 0 Å². The Balaban J connectivity index is 1.95. The van der Waals surface area contributed by atoms with E-state index >= 15 is 0 Å². The first-order chi connectivity index (χ1) is 20.7. The van der Waals surface area contributed by atoms with Gasteiger partial charge >= 0.3 is 0 Å². The van der Waals surface area contributed by atoms with Gasteiger partial charge in [0, 0.05) is 50.5 Å². The first kappa shape index (κ1) is 33.1. The summed E-state index contributed by atoms with van der Waals surface area (Å²) in [7, 11) is 7.57. The molecule has 43 heavy (non-hydrogen) atoms. The van der Waals surface area contributed by atoms with Gasteiger partial charge in [-0.25, -0.2) is 9.97 Å². The van der Waals surface area contributed by atoms with Crippen molar-refractivity contribution in [3.63, 3.8) is 0 Å². The molecule has 3 rings (SSSR count). The van der Waals surface area contributed by atoms with Gasteiger partial charge in [-0.05, 0) is 57.3 Å². The van der Waals surface area contributed by atoms with Crippen LogP contribution in [0.1, 0.15) is 54.1 Å². The summed E-state index contributed by atoms with van der Waals surface area (Å²) in [5, 5.41) is 2.91. The van der Waals surface area contributed by atoms with Crippen molar-refractivity contribution in [2.75, 3.05) is 64.8 Å². The number of carbonyl (C=O) groups excluding carboxylic acids is 2. The molecule has 0 bridgehead atoms. The molecule has 2 aromatic carbocycles. The Morgan fingerprint density at radius 1 is 0.977 bits per heavy atom. The minimum Gasteiger partial charge on any atom is -0.496 e. The zero-order valence-electron chi connectivity index (χ0n) is 26.1. The molecule has 0 atom stereocenters. The predicted molar refractivity (Wildman–Crippen MR) is 170 cm³/mol. The summed E-state index contributed by atoms with van der Waals surface area (Å²) in [6.07, 6.45) is 4.74. The van der Waals surface area contributed by atoms with Crippen molar-refractivity contribution >= 4 is 23.1 Å². The van der Waals surface area contributed by atoms with Crippen molar-refractivity contribution in [2.45, 2.75) is 33.1 Å². The molecule has 10 heteroatoms. The number of nitrogens with one attached hydrogen (secondary N) is 1. The van der Waals surface area contributed by atoms with Crippen molar-refractivity contribution in [3.05, 3.63) is 77.9 Å². The lowest BCUT2D eigenvalue weighted by molar-refractivity contribution is -0.111. The number of rotatable bonds is 17. The first-order valence-electron chi connectivity index (χ1n) is 14.5. The highest BCUT2D eigenvalue weighted by Gasteiger charge is 2.20. The number of aromatic nitrogens is 2. The lowest BCUT2D eigenvalue weighted by atomic mass is 10.0. The molecule has 0 spiro atoms. The van der Waals surface area contributed by atoms with E-state index in [1.54, 1.807) is 37.6 Å². The molecule has 0 fully saturated rings. The summed E-state index contributed by atoms with van der Waals surface area (Å²) < 4.78 is 17.4. The molecule has 0 saturated heterocycles. The van der Waals surface area contributed by atoms with Crippen molar-refractivity contribution < 1.29 is 23.8 Å². The highest BCUT2D eigenvalue weighted by Crippen LogP contribution is 2.35. The molecule has 1 heterocycles. The van der Waals surface area contributed by atoms with Crippen LogP contribution in [0.15, 0.2) is 55.3 Å². The molecule has 3 aromatic rings. The largest absolute Gasteiger partial charge is 0.496 e. The van der Waals surface area contributed by atoms with E-state index in [0.29, 0.717) is 47.5 Å². The summed E-state index contributed by atoms with van der Waals surface area (Å²) in [5.41, 5.74) is 2.80. The number of ketones is 1. The van der Waals surface area contributed by atoms with Crippen LogP contribution in [0.4, 0.5) is 11.4 Å². The van der Waals surface area contributed by atoms with Gasteiger partial charge in [-0.1, -0.05) is 20.4 Å². The van der Waals surface area contributed by atoms with E-state index in [9.17, 15) is 9.59 Å². The summed E-state index contributed by atoms with van der Waals surface area (Å²) in [4.78, 5) is 39.1. The van der Waals surface area contributed by atoms with Gasteiger partial charge in [0.2, 0.25) is 11.7 Å². The number of hydrogen-bond acceptors (Lipinski definition) is 9. The van der Waals surface area contributed by atoms with Gasteiger partial charge < -0.3 is 29.3 Å². The fourth-order valence-corrected chi connectivity index (χ4v) is 4.26. The minimum atomic E-state index is -0.325. The average Bonchev–Trinajstić information content (AvgIpc) is 3.01. The zero-order chi connectivity index (χ0) is 31.4. The summed E-state index contributed by atoms with van der Waals surface area (Å²) in [6.45, 7) is 10.2. The number of benzene rings is 2. The number of hydrogen-bond donors (Lipinski definition) is 1. The second-order valence-corrected chi connectivity index (χ2v) is 10.3. The van der Waals surface area contributed by atoms with Crippen LogP contribution in [0.25, 0.3) is 0 Å². The fraction of sp³-hybridized carbons (Fsp3) is 0.394. The lowest BCUT2D eigenvalue weighted by Crippen LogP contribution is -2.29. The molecule has 1 N–H and O–H groups in total. The number of anilines is 2. The van der Waals surface area contributed by atoms with E-state index in [0.717, 1.165) is 37.2 Å². The fourth-order valence-electron chi connectivity index (χ4n) is 4.26. The predicted octanol–water partition coefficient (Wildman–Crippen LogP) is 5.01. The van der Waals surface area contributed by atoms with Crippen LogP contribution in [-0.4, -0.2) is 81.1 Å². The third-order valence-electron chi connectivity index (χ3n) is 6.55. The number of likely N-dealkylation sites (N-methyl/N-ethyl adjacent to an activating group) is 2. The van der Waals surface area contributed by atoms with Crippen molar-refractivity contribution in [3.8, 4) is 17.2 Å². The minimum absolute atomic E-state index is 0.243. The molecule has 1 amide bonds. The summed E-state index contributed by atoms with van der Waals surface area (Å²) in [5.74, 6) is 1.54. The Kier molecular flexibility index (Phi) is 12.5. The number of amides is 1. The normalized spacial score (nSPS) is 10.8. The summed E-state index contributed by atoms with van der Waals surface area (Å²) in [6, 6.07) is 10.6. The Morgan fingerprint density at radius 2 is 1.72 bits per heavy atom. The van der Waals surface area contributed by atoms with E-state index < -0.39 is 0 Å². The zero-order valence-corrected chi connectivity index (χ0v) is 26.1. The molecule has 0 aliphatic heterocycles. The average molecular weight is 590 g/mol. The van der Waals surface area contributed by atoms with E-state index in [2.05, 4.69) is 31.7 Å². The second-order valence-electron chi connectivity index (χ2n) is 10.3. The van der Waals surface area contributed by atoms with Crippen LogP contribution in [0.3, 0.4) is 0 Å². The SMILES string of the molecule is C=CC(=O)Nc1cc(Cc2nccc(C(=O)c3ccc(OCCC)cc3OCCC)n2)c(OC)cc1N(C)CCN(C)C. The van der Waals surface area contributed by atoms with Gasteiger partial charge in [0.15, 0.2) is 0 Å². The second kappa shape index (κ2) is 16.3. The standard InChI is InChI=1S/C33H43N5O5/c1-8-17-42-24-11-12-25(30(21-24)43-18-9-2)33(40)26-13-14-34-31(35-26)20-23-19-27(36-32(39)10-3)28(22-29(23)41-7)38(6)16-15-37(4)5/h10-14,19,21-22H,3,8-9,15-18,20H2,1-2,4-7H3,(H,36,39). The van der Waals surface area contributed by atoms with E-state index in [4.69, 9.17) is 14.2 Å². The van der Waals surface area contributed by atoms with Crippen molar-refractivity contribution in [1.29, 1.82) is 0 Å². The van der Waals surface area contributed by atoms with E-state index in [-0.39, 0.29) is 23.8 Å². The molecule has 0 aliphatic carbocycles. The van der Waals surface area contributed by atoms with E-state index in [1.807, 2.05) is 47.1 Å². The maximum atomic E-state index is 13.6. The van der Waals surface area contributed by atoms with Crippen molar-refractivity contribution in [1.82, 2.24) is 14.9 Å². The third kappa shape index (κ3) is 9.27. The lowest BCUT2D eigenvalue weighted by Gasteiger charge is -2.25. The molecule has 10 nitrogen and oxygen atoms in total. The van der Waals surface area contributed by atoms with Gasteiger partial charge in [-0.3, -0.25) is 9.59 Å². The molecule has 230 valence electrons. The molecule has 0 unspecified atom stereocenters. The highest BCUT2D eigenvalue weighted by atomic mass is 16.5.